The molecule has 0 aliphatic rings. The van der Waals surface area contributed by atoms with E-state index in [1.54, 1.807) is 7.05 Å². The van der Waals surface area contributed by atoms with Gasteiger partial charge in [0, 0.05) is 7.05 Å². The summed E-state index contributed by atoms with van der Waals surface area (Å²) in [4.78, 5) is 4.73. The predicted octanol–water partition coefficient (Wildman–Crippen LogP) is 0.0318. The molecule has 0 spiro atoms. The fraction of sp³-hybridized carbons (Fsp3) is 0.750. The van der Waals surface area contributed by atoms with Crippen molar-refractivity contribution in [3.05, 3.63) is 0 Å². The lowest BCUT2D eigenvalue weighted by molar-refractivity contribution is 0.0965. The molecule has 0 aliphatic carbocycles. The maximum Gasteiger partial charge on any atom is 0.190 e. The number of thiocarbonyl (C=S) groups is 1. The van der Waals surface area contributed by atoms with E-state index in [4.69, 9.17) is 4.84 Å². The van der Waals surface area contributed by atoms with Crippen LogP contribution in [0.2, 0.25) is 0 Å². The summed E-state index contributed by atoms with van der Waals surface area (Å²) in [6.45, 7) is 2.49. The standard InChI is InChI=1S/C4H10N2OS/c1-3-7-6-4(8)5-2/h3H2,1-2H3,(H2,5,6,8). The van der Waals surface area contributed by atoms with Gasteiger partial charge in [-0.25, -0.2) is 5.48 Å². The minimum Gasteiger partial charge on any atom is -0.364 e. The molecule has 0 fully saturated rings. The molecule has 3 nitrogen and oxygen atoms in total. The number of hydroxylamine groups is 1. The molecular formula is C4H10N2OS. The first kappa shape index (κ1) is 7.65. The number of rotatable bonds is 2. The zero-order chi connectivity index (χ0) is 6.41. The Hall–Kier alpha value is -0.350. The Labute approximate surface area is 54.4 Å². The Balaban J connectivity index is 2.99. The van der Waals surface area contributed by atoms with Crippen LogP contribution in [-0.2, 0) is 4.84 Å². The van der Waals surface area contributed by atoms with Crippen molar-refractivity contribution in [2.45, 2.75) is 6.92 Å². The van der Waals surface area contributed by atoms with Gasteiger partial charge in [0.05, 0.1) is 6.61 Å². The highest BCUT2D eigenvalue weighted by Crippen LogP contribution is 1.64. The molecule has 0 saturated carbocycles. The maximum absolute atomic E-state index is 4.73. The van der Waals surface area contributed by atoms with Gasteiger partial charge in [0.1, 0.15) is 0 Å². The van der Waals surface area contributed by atoms with Crippen molar-refractivity contribution in [3.8, 4) is 0 Å². The van der Waals surface area contributed by atoms with Gasteiger partial charge in [-0.2, -0.15) is 0 Å². The van der Waals surface area contributed by atoms with Gasteiger partial charge in [-0.15, -0.1) is 0 Å². The summed E-state index contributed by atoms with van der Waals surface area (Å²) in [5.41, 5.74) is 2.50. The Morgan fingerprint density at radius 3 is 2.75 bits per heavy atom. The molecule has 8 heavy (non-hydrogen) atoms. The third-order valence-electron chi connectivity index (χ3n) is 0.536. The molecule has 4 heteroatoms. The first-order valence-corrected chi connectivity index (χ1v) is 2.81. The smallest absolute Gasteiger partial charge is 0.190 e. The molecule has 0 aromatic heterocycles. The van der Waals surface area contributed by atoms with Crippen LogP contribution in [0.25, 0.3) is 0 Å². The van der Waals surface area contributed by atoms with E-state index in [1.807, 2.05) is 6.92 Å². The van der Waals surface area contributed by atoms with Crippen LogP contribution in [0.15, 0.2) is 0 Å². The lowest BCUT2D eigenvalue weighted by atomic mass is 10.9. The van der Waals surface area contributed by atoms with Crippen LogP contribution < -0.4 is 10.8 Å². The third kappa shape index (κ3) is 3.83. The second-order valence-electron chi connectivity index (χ2n) is 1.11. The molecule has 0 amide bonds. The number of nitrogens with one attached hydrogen (secondary N) is 2. The molecule has 0 rings (SSSR count). The van der Waals surface area contributed by atoms with Crippen LogP contribution >= 0.6 is 12.2 Å². The van der Waals surface area contributed by atoms with Gasteiger partial charge in [-0.05, 0) is 19.1 Å². The van der Waals surface area contributed by atoms with E-state index in [0.29, 0.717) is 11.7 Å². The number of hydrogen-bond donors (Lipinski definition) is 2. The lowest BCUT2D eigenvalue weighted by Crippen LogP contribution is -2.32. The van der Waals surface area contributed by atoms with E-state index >= 15 is 0 Å². The quantitative estimate of drug-likeness (QED) is 0.412. The molecule has 0 radical (unpaired) electrons. The summed E-state index contributed by atoms with van der Waals surface area (Å²) in [6.07, 6.45) is 0. The fourth-order valence-corrected chi connectivity index (χ4v) is 0.248. The van der Waals surface area contributed by atoms with E-state index in [0.717, 1.165) is 0 Å². The van der Waals surface area contributed by atoms with Crippen molar-refractivity contribution in [3.63, 3.8) is 0 Å². The topological polar surface area (TPSA) is 33.3 Å². The van der Waals surface area contributed by atoms with Crippen molar-refractivity contribution in [2.75, 3.05) is 13.7 Å². The van der Waals surface area contributed by atoms with Crippen molar-refractivity contribution >= 4 is 17.3 Å². The van der Waals surface area contributed by atoms with Gasteiger partial charge in [0.15, 0.2) is 5.11 Å². The molecule has 0 aliphatic heterocycles. The number of hydrogen-bond acceptors (Lipinski definition) is 2. The van der Waals surface area contributed by atoms with Crippen molar-refractivity contribution in [1.82, 2.24) is 10.8 Å². The summed E-state index contributed by atoms with van der Waals surface area (Å²) < 4.78 is 0. The SMILES string of the molecule is CCONC(=S)NC. The summed E-state index contributed by atoms with van der Waals surface area (Å²) >= 11 is 4.67. The molecule has 0 heterocycles. The van der Waals surface area contributed by atoms with Crippen LogP contribution in [0.1, 0.15) is 6.92 Å². The second kappa shape index (κ2) is 4.80. The zero-order valence-electron chi connectivity index (χ0n) is 5.02. The van der Waals surface area contributed by atoms with Gasteiger partial charge >= 0.3 is 0 Å². The molecule has 0 bridgehead atoms. The monoisotopic (exact) mass is 134 g/mol. The van der Waals surface area contributed by atoms with Crippen LogP contribution in [-0.4, -0.2) is 18.8 Å². The average Bonchev–Trinajstić information content (AvgIpc) is 1.83. The summed E-state index contributed by atoms with van der Waals surface area (Å²) in [5.74, 6) is 0. The summed E-state index contributed by atoms with van der Waals surface area (Å²) in [6, 6.07) is 0. The highest BCUT2D eigenvalue weighted by atomic mass is 32.1. The predicted molar refractivity (Wildman–Crippen MR) is 36.4 cm³/mol. The van der Waals surface area contributed by atoms with Crippen molar-refractivity contribution < 1.29 is 4.84 Å². The Morgan fingerprint density at radius 2 is 2.38 bits per heavy atom. The highest BCUT2D eigenvalue weighted by molar-refractivity contribution is 7.80. The second-order valence-corrected chi connectivity index (χ2v) is 1.52. The van der Waals surface area contributed by atoms with E-state index in [-0.39, 0.29) is 0 Å². The summed E-state index contributed by atoms with van der Waals surface area (Å²) in [5, 5.41) is 3.20. The van der Waals surface area contributed by atoms with Gasteiger partial charge < -0.3 is 5.32 Å². The van der Waals surface area contributed by atoms with E-state index < -0.39 is 0 Å². The summed E-state index contributed by atoms with van der Waals surface area (Å²) in [7, 11) is 1.73. The Kier molecular flexibility index (Phi) is 4.59. The van der Waals surface area contributed by atoms with Gasteiger partial charge in [0.25, 0.3) is 0 Å². The largest absolute Gasteiger partial charge is 0.364 e. The van der Waals surface area contributed by atoms with Crippen LogP contribution in [0.4, 0.5) is 0 Å². The molecular weight excluding hydrogens is 124 g/mol. The van der Waals surface area contributed by atoms with Crippen molar-refractivity contribution in [1.29, 1.82) is 0 Å². The van der Waals surface area contributed by atoms with Gasteiger partial charge in [-0.1, -0.05) is 0 Å². The average molecular weight is 134 g/mol. The fourth-order valence-electron chi connectivity index (χ4n) is 0.189. The third-order valence-corrected chi connectivity index (χ3v) is 0.824. The van der Waals surface area contributed by atoms with Gasteiger partial charge in [0.2, 0.25) is 0 Å². The first-order valence-electron chi connectivity index (χ1n) is 2.40. The van der Waals surface area contributed by atoms with Crippen LogP contribution in [0.3, 0.4) is 0 Å². The van der Waals surface area contributed by atoms with Crippen LogP contribution in [0, 0.1) is 0 Å². The van der Waals surface area contributed by atoms with E-state index in [2.05, 4.69) is 23.0 Å². The molecule has 48 valence electrons. The molecule has 0 aromatic carbocycles. The van der Waals surface area contributed by atoms with Crippen LogP contribution in [0.5, 0.6) is 0 Å². The van der Waals surface area contributed by atoms with E-state index in [9.17, 15) is 0 Å². The lowest BCUT2D eigenvalue weighted by Gasteiger charge is -2.03. The molecule has 0 atom stereocenters. The molecule has 0 saturated heterocycles. The minimum atomic E-state index is 0.506. The highest BCUT2D eigenvalue weighted by Gasteiger charge is 1.84. The molecule has 2 N–H and O–H groups in total. The normalized spacial score (nSPS) is 8.25. The van der Waals surface area contributed by atoms with E-state index in [1.165, 1.54) is 0 Å². The van der Waals surface area contributed by atoms with Crippen molar-refractivity contribution in [2.24, 2.45) is 0 Å². The zero-order valence-corrected chi connectivity index (χ0v) is 5.84. The molecule has 0 aromatic rings. The Bertz CT molecular complexity index is 76.4. The minimum absolute atomic E-state index is 0.506. The maximum atomic E-state index is 4.73. The van der Waals surface area contributed by atoms with Gasteiger partial charge in [-0.3, -0.25) is 4.84 Å². The Morgan fingerprint density at radius 1 is 1.75 bits per heavy atom. The molecule has 0 unspecified atom stereocenters. The first-order chi connectivity index (χ1) is 3.81.